The lowest BCUT2D eigenvalue weighted by Crippen LogP contribution is -2.45. The van der Waals surface area contributed by atoms with Crippen molar-refractivity contribution in [2.45, 2.75) is 32.2 Å². The fourth-order valence-electron chi connectivity index (χ4n) is 2.85. The molecule has 1 atom stereocenters. The lowest BCUT2D eigenvalue weighted by molar-refractivity contribution is 0.158. The van der Waals surface area contributed by atoms with Crippen LogP contribution >= 0.6 is 24.8 Å². The van der Waals surface area contributed by atoms with Crippen LogP contribution in [0.5, 0.6) is 17.2 Å². The van der Waals surface area contributed by atoms with Crippen molar-refractivity contribution in [3.05, 3.63) is 17.7 Å². The molecule has 1 heterocycles. The van der Waals surface area contributed by atoms with Gasteiger partial charge in [0.25, 0.3) is 0 Å². The van der Waals surface area contributed by atoms with E-state index < -0.39 is 0 Å². The van der Waals surface area contributed by atoms with Crippen LogP contribution < -0.4 is 5.32 Å². The van der Waals surface area contributed by atoms with E-state index in [9.17, 15) is 15.3 Å². The van der Waals surface area contributed by atoms with E-state index in [-0.39, 0.29) is 48.1 Å². The molecule has 0 saturated carbocycles. The first-order valence-corrected chi connectivity index (χ1v) is 7.33. The number of hydrogen-bond donors (Lipinski definition) is 4. The molecule has 1 aromatic carbocycles. The van der Waals surface area contributed by atoms with Crippen molar-refractivity contribution in [3.8, 4) is 17.2 Å². The number of phenols is 3. The molecule has 0 unspecified atom stereocenters. The van der Waals surface area contributed by atoms with Crippen LogP contribution in [0.25, 0.3) is 0 Å². The van der Waals surface area contributed by atoms with E-state index in [1.807, 2.05) is 0 Å². The Morgan fingerprint density at radius 3 is 2.14 bits per heavy atom. The van der Waals surface area contributed by atoms with E-state index in [2.05, 4.69) is 17.1 Å². The van der Waals surface area contributed by atoms with Gasteiger partial charge in [0.2, 0.25) is 0 Å². The molecule has 1 saturated heterocycles. The first-order chi connectivity index (χ1) is 9.63. The highest BCUT2D eigenvalue weighted by Gasteiger charge is 2.27. The maximum Gasteiger partial charge on any atom is 0.127 e. The fourth-order valence-corrected chi connectivity index (χ4v) is 2.85. The molecule has 4 N–H and O–H groups in total. The summed E-state index contributed by atoms with van der Waals surface area (Å²) in [5, 5.41) is 33.0. The van der Waals surface area contributed by atoms with E-state index in [1.165, 1.54) is 12.1 Å². The minimum Gasteiger partial charge on any atom is -0.508 e. The van der Waals surface area contributed by atoms with Crippen LogP contribution in [0.15, 0.2) is 12.1 Å². The van der Waals surface area contributed by atoms with E-state index in [0.717, 1.165) is 45.4 Å². The Labute approximate surface area is 144 Å². The highest BCUT2D eigenvalue weighted by molar-refractivity contribution is 5.85. The number of nitrogens with zero attached hydrogens (tertiary/aromatic N) is 1. The lowest BCUT2D eigenvalue weighted by Gasteiger charge is -2.35. The molecule has 128 valence electrons. The molecule has 0 aromatic heterocycles. The number of unbranched alkanes of at least 4 members (excludes halogenated alkanes) is 1. The average Bonchev–Trinajstić information content (AvgIpc) is 2.42. The molecule has 22 heavy (non-hydrogen) atoms. The molecule has 2 rings (SSSR count). The first kappa shape index (κ1) is 21.1. The molecule has 1 aliphatic heterocycles. The highest BCUT2D eigenvalue weighted by Crippen LogP contribution is 2.41. The number of halogens is 2. The number of phenolic OH excluding ortho intramolecular Hbond substituents is 3. The van der Waals surface area contributed by atoms with Crippen molar-refractivity contribution >= 4 is 24.8 Å². The average molecular weight is 353 g/mol. The fraction of sp³-hybridized carbons (Fsp3) is 0.600. The van der Waals surface area contributed by atoms with Gasteiger partial charge in [-0.25, -0.2) is 0 Å². The van der Waals surface area contributed by atoms with Crippen LogP contribution in [0.3, 0.4) is 0 Å². The number of piperazine rings is 1. The monoisotopic (exact) mass is 352 g/mol. The Kier molecular flexibility index (Phi) is 9.60. The molecule has 0 aliphatic carbocycles. The summed E-state index contributed by atoms with van der Waals surface area (Å²) in [5.74, 6) is -0.164. The Bertz CT molecular complexity index is 431. The summed E-state index contributed by atoms with van der Waals surface area (Å²) in [6.07, 6.45) is 3.00. The topological polar surface area (TPSA) is 76.0 Å². The van der Waals surface area contributed by atoms with Gasteiger partial charge in [-0.2, -0.15) is 0 Å². The summed E-state index contributed by atoms with van der Waals surface area (Å²) >= 11 is 0. The largest absolute Gasteiger partial charge is 0.508 e. The van der Waals surface area contributed by atoms with Gasteiger partial charge in [-0.05, 0) is 6.42 Å². The standard InChI is InChI=1S/C15H24N2O3.2ClH/c1-2-3-4-12(17-7-5-16-6-8-17)15-13(19)9-11(18)10-14(15)20;;/h9-10,12,16,18-20H,2-8H2,1H3;2*1H/t12-;;/m1../s1. The number of nitrogens with one attached hydrogen (secondary N) is 1. The molecule has 5 nitrogen and oxygen atoms in total. The van der Waals surface area contributed by atoms with Crippen molar-refractivity contribution in [3.63, 3.8) is 0 Å². The van der Waals surface area contributed by atoms with Crippen molar-refractivity contribution < 1.29 is 15.3 Å². The summed E-state index contributed by atoms with van der Waals surface area (Å²) in [5.41, 5.74) is 0.540. The maximum absolute atomic E-state index is 10.1. The van der Waals surface area contributed by atoms with Gasteiger partial charge >= 0.3 is 0 Å². The molecule has 1 fully saturated rings. The van der Waals surface area contributed by atoms with Gasteiger partial charge in [-0.3, -0.25) is 4.90 Å². The van der Waals surface area contributed by atoms with Crippen LogP contribution in [0.1, 0.15) is 37.8 Å². The third-order valence-electron chi connectivity index (χ3n) is 3.88. The second kappa shape index (κ2) is 10.0. The third kappa shape index (κ3) is 5.09. The summed E-state index contributed by atoms with van der Waals surface area (Å²) < 4.78 is 0. The van der Waals surface area contributed by atoms with Crippen molar-refractivity contribution in [2.75, 3.05) is 26.2 Å². The van der Waals surface area contributed by atoms with Gasteiger partial charge in [0, 0.05) is 44.4 Å². The van der Waals surface area contributed by atoms with Crippen molar-refractivity contribution in [1.82, 2.24) is 10.2 Å². The van der Waals surface area contributed by atoms with Gasteiger partial charge in [0.05, 0.1) is 5.56 Å². The van der Waals surface area contributed by atoms with Gasteiger partial charge in [-0.1, -0.05) is 19.8 Å². The summed E-state index contributed by atoms with van der Waals surface area (Å²) in [6.45, 7) is 5.76. The number of hydrogen-bond acceptors (Lipinski definition) is 5. The van der Waals surface area contributed by atoms with E-state index >= 15 is 0 Å². The van der Waals surface area contributed by atoms with Gasteiger partial charge in [0.15, 0.2) is 0 Å². The zero-order chi connectivity index (χ0) is 14.5. The Hall–Kier alpha value is -0.880. The second-order valence-corrected chi connectivity index (χ2v) is 5.34. The lowest BCUT2D eigenvalue weighted by atomic mass is 9.96. The number of benzene rings is 1. The van der Waals surface area contributed by atoms with Crippen molar-refractivity contribution in [1.29, 1.82) is 0 Å². The van der Waals surface area contributed by atoms with Crippen LogP contribution in [0.2, 0.25) is 0 Å². The quantitative estimate of drug-likeness (QED) is 0.655. The zero-order valence-corrected chi connectivity index (χ0v) is 14.4. The summed E-state index contributed by atoms with van der Waals surface area (Å²) in [7, 11) is 0. The van der Waals surface area contributed by atoms with Crippen LogP contribution in [0.4, 0.5) is 0 Å². The van der Waals surface area contributed by atoms with E-state index in [1.54, 1.807) is 0 Å². The van der Waals surface area contributed by atoms with Gasteiger partial charge in [-0.15, -0.1) is 24.8 Å². The van der Waals surface area contributed by atoms with E-state index in [0.29, 0.717) is 5.56 Å². The summed E-state index contributed by atoms with van der Waals surface area (Å²) in [6, 6.07) is 2.60. The second-order valence-electron chi connectivity index (χ2n) is 5.34. The molecule has 7 heteroatoms. The van der Waals surface area contributed by atoms with Crippen molar-refractivity contribution in [2.24, 2.45) is 0 Å². The zero-order valence-electron chi connectivity index (χ0n) is 12.8. The molecule has 1 aliphatic rings. The minimum absolute atomic E-state index is 0. The van der Waals surface area contributed by atoms with E-state index in [4.69, 9.17) is 0 Å². The molecule has 0 amide bonds. The highest BCUT2D eigenvalue weighted by atomic mass is 35.5. The normalized spacial score (nSPS) is 16.4. The number of rotatable bonds is 5. The van der Waals surface area contributed by atoms with Crippen LogP contribution in [-0.2, 0) is 0 Å². The molecular formula is C15H26Cl2N2O3. The minimum atomic E-state index is -0.113. The van der Waals surface area contributed by atoms with Gasteiger partial charge < -0.3 is 20.6 Å². The molecule has 0 spiro atoms. The predicted molar refractivity (Wildman–Crippen MR) is 92.6 cm³/mol. The molecule has 0 bridgehead atoms. The smallest absolute Gasteiger partial charge is 0.127 e. The summed E-state index contributed by atoms with van der Waals surface area (Å²) in [4.78, 5) is 2.29. The molecule has 0 radical (unpaired) electrons. The van der Waals surface area contributed by atoms with Crippen LogP contribution in [0, 0.1) is 0 Å². The predicted octanol–water partition coefficient (Wildman–Crippen LogP) is 2.78. The Morgan fingerprint density at radius 2 is 1.64 bits per heavy atom. The number of aromatic hydroxyl groups is 3. The Morgan fingerprint density at radius 1 is 1.09 bits per heavy atom. The first-order valence-electron chi connectivity index (χ1n) is 7.33. The SMILES string of the molecule is CCCC[C@H](c1c(O)cc(O)cc1O)N1CCNCC1.Cl.Cl. The van der Waals surface area contributed by atoms with Crippen LogP contribution in [-0.4, -0.2) is 46.4 Å². The van der Waals surface area contributed by atoms with Gasteiger partial charge in [0.1, 0.15) is 17.2 Å². The molecular weight excluding hydrogens is 327 g/mol. The Balaban J connectivity index is 0.00000220. The maximum atomic E-state index is 10.1. The molecule has 1 aromatic rings. The third-order valence-corrected chi connectivity index (χ3v) is 3.88.